The number of aliphatic hydroxyl groups is 1. The van der Waals surface area contributed by atoms with E-state index in [1.165, 1.54) is 0 Å². The molecule has 2 aliphatic rings. The zero-order valence-corrected chi connectivity index (χ0v) is 9.92. The highest BCUT2D eigenvalue weighted by atomic mass is 16.8. The molecule has 0 spiro atoms. The van der Waals surface area contributed by atoms with Crippen LogP contribution < -0.4 is 0 Å². The Kier molecular flexibility index (Phi) is 2.32. The molecule has 0 amide bonds. The lowest BCUT2D eigenvalue weighted by Gasteiger charge is -2.30. The van der Waals surface area contributed by atoms with Crippen LogP contribution in [0.4, 0.5) is 0 Å². The fourth-order valence-corrected chi connectivity index (χ4v) is 2.68. The molecule has 2 heterocycles. The summed E-state index contributed by atoms with van der Waals surface area (Å²) in [5, 5.41) is 10.1. The number of aliphatic hydroxyl groups excluding tert-OH is 1. The molecule has 3 atom stereocenters. The molecule has 0 bridgehead atoms. The standard InChI is InChI=1S/C13H16O4/c1-12(2)16-10-8-15-11(14)13(10,17-12)9-6-4-3-5-7-9/h3-7,10-11,14H,8H2,1-2H3. The van der Waals surface area contributed by atoms with Crippen LogP contribution in [0.3, 0.4) is 0 Å². The van der Waals surface area contributed by atoms with Crippen molar-refractivity contribution in [3.63, 3.8) is 0 Å². The van der Waals surface area contributed by atoms with E-state index in [-0.39, 0.29) is 6.10 Å². The van der Waals surface area contributed by atoms with Crippen LogP contribution in [0.1, 0.15) is 19.4 Å². The molecular formula is C13H16O4. The lowest BCUT2D eigenvalue weighted by molar-refractivity contribution is -0.240. The van der Waals surface area contributed by atoms with E-state index in [1.807, 2.05) is 44.2 Å². The summed E-state index contributed by atoms with van der Waals surface area (Å²) in [4.78, 5) is 0. The second-order valence-corrected chi connectivity index (χ2v) is 4.95. The fourth-order valence-electron chi connectivity index (χ4n) is 2.68. The van der Waals surface area contributed by atoms with Crippen molar-refractivity contribution in [2.24, 2.45) is 0 Å². The maximum atomic E-state index is 10.1. The fraction of sp³-hybridized carbons (Fsp3) is 0.538. The number of benzene rings is 1. The quantitative estimate of drug-likeness (QED) is 0.800. The number of ether oxygens (including phenoxy) is 3. The maximum absolute atomic E-state index is 10.1. The van der Waals surface area contributed by atoms with Crippen molar-refractivity contribution in [3.8, 4) is 0 Å². The monoisotopic (exact) mass is 236 g/mol. The van der Waals surface area contributed by atoms with E-state index in [4.69, 9.17) is 14.2 Å². The van der Waals surface area contributed by atoms with Crippen LogP contribution in [-0.2, 0) is 19.8 Å². The van der Waals surface area contributed by atoms with E-state index in [1.54, 1.807) is 0 Å². The Hall–Kier alpha value is -0.940. The van der Waals surface area contributed by atoms with Crippen molar-refractivity contribution in [1.82, 2.24) is 0 Å². The molecule has 3 unspecified atom stereocenters. The predicted octanol–water partition coefficient (Wildman–Crippen LogP) is 1.38. The van der Waals surface area contributed by atoms with Gasteiger partial charge in [0.2, 0.25) is 0 Å². The summed E-state index contributed by atoms with van der Waals surface area (Å²) in [6.45, 7) is 4.05. The van der Waals surface area contributed by atoms with Gasteiger partial charge >= 0.3 is 0 Å². The minimum absolute atomic E-state index is 0.269. The highest BCUT2D eigenvalue weighted by Crippen LogP contribution is 2.49. The summed E-state index contributed by atoms with van der Waals surface area (Å²) in [6, 6.07) is 9.62. The zero-order chi connectivity index (χ0) is 12.1. The molecule has 1 N–H and O–H groups in total. The van der Waals surface area contributed by atoms with Gasteiger partial charge in [-0.1, -0.05) is 30.3 Å². The highest BCUT2D eigenvalue weighted by Gasteiger charge is 2.63. The van der Waals surface area contributed by atoms with Gasteiger partial charge in [-0.2, -0.15) is 0 Å². The van der Waals surface area contributed by atoms with Crippen LogP contribution in [0, 0.1) is 0 Å². The van der Waals surface area contributed by atoms with Gasteiger partial charge in [-0.3, -0.25) is 0 Å². The lowest BCUT2D eigenvalue weighted by atomic mass is 9.89. The SMILES string of the molecule is CC1(C)OC2COC(O)C2(c2ccccc2)O1. The Morgan fingerprint density at radius 1 is 1.24 bits per heavy atom. The van der Waals surface area contributed by atoms with E-state index < -0.39 is 17.7 Å². The van der Waals surface area contributed by atoms with Gasteiger partial charge < -0.3 is 19.3 Å². The molecule has 17 heavy (non-hydrogen) atoms. The minimum Gasteiger partial charge on any atom is -0.365 e. The molecule has 0 aliphatic carbocycles. The molecule has 2 fully saturated rings. The van der Waals surface area contributed by atoms with Crippen LogP contribution in [-0.4, -0.2) is 29.9 Å². The van der Waals surface area contributed by atoms with E-state index in [0.717, 1.165) is 5.56 Å². The highest BCUT2D eigenvalue weighted by molar-refractivity contribution is 5.28. The molecule has 0 radical (unpaired) electrons. The largest absolute Gasteiger partial charge is 0.365 e. The third-order valence-electron chi connectivity index (χ3n) is 3.32. The summed E-state index contributed by atoms with van der Waals surface area (Å²) in [6.07, 6.45) is -1.26. The van der Waals surface area contributed by atoms with E-state index in [0.29, 0.717) is 6.61 Å². The molecule has 4 heteroatoms. The third-order valence-corrected chi connectivity index (χ3v) is 3.32. The van der Waals surface area contributed by atoms with Crippen LogP contribution in [0.25, 0.3) is 0 Å². The third kappa shape index (κ3) is 1.52. The van der Waals surface area contributed by atoms with Crippen molar-refractivity contribution < 1.29 is 19.3 Å². The van der Waals surface area contributed by atoms with E-state index >= 15 is 0 Å². The van der Waals surface area contributed by atoms with Gasteiger partial charge in [0, 0.05) is 0 Å². The van der Waals surface area contributed by atoms with Gasteiger partial charge in [0.15, 0.2) is 17.7 Å². The van der Waals surface area contributed by atoms with Crippen molar-refractivity contribution in [1.29, 1.82) is 0 Å². The van der Waals surface area contributed by atoms with Crippen LogP contribution in [0.2, 0.25) is 0 Å². The molecule has 0 saturated carbocycles. The topological polar surface area (TPSA) is 47.9 Å². The first-order chi connectivity index (χ1) is 8.05. The Balaban J connectivity index is 2.08. The van der Waals surface area contributed by atoms with Crippen molar-refractivity contribution in [2.45, 2.75) is 37.6 Å². The molecule has 4 nitrogen and oxygen atoms in total. The van der Waals surface area contributed by atoms with Crippen LogP contribution in [0.15, 0.2) is 30.3 Å². The van der Waals surface area contributed by atoms with Gasteiger partial charge in [0.25, 0.3) is 0 Å². The zero-order valence-electron chi connectivity index (χ0n) is 9.92. The number of fused-ring (bicyclic) bond motifs is 1. The normalized spacial score (nSPS) is 39.2. The number of hydrogen-bond acceptors (Lipinski definition) is 4. The lowest BCUT2D eigenvalue weighted by Crippen LogP contribution is -2.43. The van der Waals surface area contributed by atoms with Gasteiger partial charge in [0.05, 0.1) is 6.61 Å². The summed E-state index contributed by atoms with van der Waals surface area (Å²) in [5.41, 5.74) is -0.00863. The van der Waals surface area contributed by atoms with Gasteiger partial charge in [-0.25, -0.2) is 0 Å². The average Bonchev–Trinajstić information content (AvgIpc) is 2.74. The first kappa shape index (κ1) is 11.2. The van der Waals surface area contributed by atoms with Gasteiger partial charge in [-0.15, -0.1) is 0 Å². The summed E-state index contributed by atoms with van der Waals surface area (Å²) in [7, 11) is 0. The van der Waals surface area contributed by atoms with Crippen molar-refractivity contribution >= 4 is 0 Å². The van der Waals surface area contributed by atoms with E-state index in [9.17, 15) is 5.11 Å². The first-order valence-corrected chi connectivity index (χ1v) is 5.78. The molecule has 2 saturated heterocycles. The molecule has 1 aromatic rings. The molecule has 0 aromatic heterocycles. The average molecular weight is 236 g/mol. The van der Waals surface area contributed by atoms with Gasteiger partial charge in [-0.05, 0) is 19.4 Å². The second kappa shape index (κ2) is 3.53. The molecular weight excluding hydrogens is 220 g/mol. The van der Waals surface area contributed by atoms with E-state index in [2.05, 4.69) is 0 Å². The van der Waals surface area contributed by atoms with Crippen LogP contribution in [0.5, 0.6) is 0 Å². The number of hydrogen-bond donors (Lipinski definition) is 1. The predicted molar refractivity (Wildman–Crippen MR) is 60.1 cm³/mol. The van der Waals surface area contributed by atoms with Crippen molar-refractivity contribution in [3.05, 3.63) is 35.9 Å². The Morgan fingerprint density at radius 3 is 2.65 bits per heavy atom. The Labute approximate surface area is 100 Å². The smallest absolute Gasteiger partial charge is 0.191 e. The molecule has 92 valence electrons. The second-order valence-electron chi connectivity index (χ2n) is 4.95. The van der Waals surface area contributed by atoms with Crippen molar-refractivity contribution in [2.75, 3.05) is 6.61 Å². The maximum Gasteiger partial charge on any atom is 0.191 e. The summed E-state index contributed by atoms with van der Waals surface area (Å²) in [5.74, 6) is -0.703. The number of rotatable bonds is 1. The first-order valence-electron chi connectivity index (χ1n) is 5.78. The van der Waals surface area contributed by atoms with Gasteiger partial charge in [0.1, 0.15) is 6.10 Å². The Bertz CT molecular complexity index is 417. The van der Waals surface area contributed by atoms with Crippen LogP contribution >= 0.6 is 0 Å². The molecule has 3 rings (SSSR count). The molecule has 2 aliphatic heterocycles. The Morgan fingerprint density at radius 2 is 1.94 bits per heavy atom. The summed E-state index contributed by atoms with van der Waals surface area (Å²) >= 11 is 0. The summed E-state index contributed by atoms with van der Waals surface area (Å²) < 4.78 is 17.0. The molecule has 1 aromatic carbocycles. The minimum atomic E-state index is -0.989.